The average Bonchev–Trinajstić information content (AvgIpc) is 2.79. The van der Waals surface area contributed by atoms with Gasteiger partial charge >= 0.3 is 0 Å². The summed E-state index contributed by atoms with van der Waals surface area (Å²) in [7, 11) is 0. The Morgan fingerprint density at radius 3 is 2.52 bits per heavy atom. The summed E-state index contributed by atoms with van der Waals surface area (Å²) in [6, 6.07) is 10.8. The number of halogens is 3. The van der Waals surface area contributed by atoms with Crippen LogP contribution in [0.15, 0.2) is 41.3 Å². The molecule has 3 rings (SSSR count). The highest BCUT2D eigenvalue weighted by Crippen LogP contribution is 2.35. The molecule has 2 aromatic rings. The number of carbonyl (C=O) groups excluding carboxylic acids is 1. The minimum absolute atomic E-state index is 0.0251. The van der Waals surface area contributed by atoms with Crippen LogP contribution in [0.4, 0.5) is 13.2 Å². The van der Waals surface area contributed by atoms with E-state index in [1.54, 1.807) is 18.2 Å². The smallest absolute Gasteiger partial charge is 0.267 e. The summed E-state index contributed by atoms with van der Waals surface area (Å²) in [5.74, 6) is -0.190. The van der Waals surface area contributed by atoms with Gasteiger partial charge in [-0.25, -0.2) is 13.2 Å². The van der Waals surface area contributed by atoms with Crippen molar-refractivity contribution in [3.8, 4) is 0 Å². The van der Waals surface area contributed by atoms with Crippen molar-refractivity contribution >= 4 is 30.2 Å². The van der Waals surface area contributed by atoms with E-state index in [2.05, 4.69) is 0 Å². The Morgan fingerprint density at radius 2 is 1.90 bits per heavy atom. The summed E-state index contributed by atoms with van der Waals surface area (Å²) in [5.41, 5.74) is 1.50. The van der Waals surface area contributed by atoms with Crippen LogP contribution in [-0.4, -0.2) is 18.6 Å². The first kappa shape index (κ1) is 23.6. The molecule has 0 amide bonds. The maximum Gasteiger partial charge on any atom is 0.267 e. The molecule has 1 aliphatic rings. The second-order valence-electron chi connectivity index (χ2n) is 7.68. The van der Waals surface area contributed by atoms with Gasteiger partial charge in [-0.3, -0.25) is 0 Å². The number of hydrogen-bond donors (Lipinski definition) is 0. The number of thioether (sulfide) groups is 1. The van der Waals surface area contributed by atoms with E-state index in [4.69, 9.17) is 4.74 Å². The van der Waals surface area contributed by atoms with Crippen LogP contribution in [0.25, 0.3) is 12.2 Å². The second-order valence-corrected chi connectivity index (χ2v) is 8.82. The maximum atomic E-state index is 14.8. The molecule has 0 N–H and O–H groups in total. The molecule has 1 aliphatic heterocycles. The van der Waals surface area contributed by atoms with E-state index >= 15 is 0 Å². The van der Waals surface area contributed by atoms with Crippen molar-refractivity contribution in [1.29, 1.82) is 0 Å². The number of hydrogen-bond acceptors (Lipinski definition) is 3. The molecule has 166 valence electrons. The Hall–Kier alpha value is -2.05. The van der Waals surface area contributed by atoms with Gasteiger partial charge in [-0.2, -0.15) is 0 Å². The van der Waals surface area contributed by atoms with Gasteiger partial charge in [0.2, 0.25) is 0 Å². The van der Waals surface area contributed by atoms with Gasteiger partial charge in [0.25, 0.3) is 6.43 Å². The predicted octanol–water partition coefficient (Wildman–Crippen LogP) is 7.49. The van der Waals surface area contributed by atoms with Crippen LogP contribution in [0.5, 0.6) is 0 Å². The largest absolute Gasteiger partial charge is 0.373 e. The van der Waals surface area contributed by atoms with Crippen LogP contribution in [0.1, 0.15) is 67.4 Å². The number of ether oxygens (including phenoxy) is 1. The number of rotatable bonds is 9. The monoisotopic (exact) mass is 448 g/mol. The van der Waals surface area contributed by atoms with E-state index in [-0.39, 0.29) is 17.6 Å². The Bertz CT molecular complexity index is 888. The van der Waals surface area contributed by atoms with Gasteiger partial charge in [-0.1, -0.05) is 55.8 Å². The van der Waals surface area contributed by atoms with E-state index in [0.717, 1.165) is 43.1 Å². The van der Waals surface area contributed by atoms with Gasteiger partial charge in [-0.15, -0.1) is 11.8 Å². The van der Waals surface area contributed by atoms with Gasteiger partial charge in [-0.05, 0) is 42.2 Å². The molecular weight excluding hydrogens is 421 g/mol. The lowest BCUT2D eigenvalue weighted by Crippen LogP contribution is -2.21. The van der Waals surface area contributed by atoms with E-state index < -0.39 is 17.8 Å². The van der Waals surface area contributed by atoms with Crippen molar-refractivity contribution in [3.63, 3.8) is 0 Å². The molecule has 0 saturated carbocycles. The minimum atomic E-state index is -2.86. The van der Waals surface area contributed by atoms with Crippen molar-refractivity contribution in [2.45, 2.75) is 50.0 Å². The summed E-state index contributed by atoms with van der Waals surface area (Å²) in [6.07, 6.45) is 4.77. The number of aldehydes is 1. The second kappa shape index (κ2) is 11.5. The van der Waals surface area contributed by atoms with Gasteiger partial charge in [0.05, 0.1) is 18.3 Å². The summed E-state index contributed by atoms with van der Waals surface area (Å²) in [5, 5.41) is 0. The van der Waals surface area contributed by atoms with Gasteiger partial charge in [0.1, 0.15) is 12.1 Å². The minimum Gasteiger partial charge on any atom is -0.373 e. The quantitative estimate of drug-likeness (QED) is 0.172. The van der Waals surface area contributed by atoms with Gasteiger partial charge in [0, 0.05) is 16.4 Å². The molecule has 1 saturated heterocycles. The molecule has 0 radical (unpaired) electrons. The molecule has 0 aliphatic carbocycles. The summed E-state index contributed by atoms with van der Waals surface area (Å²) in [4.78, 5) is 11.2. The highest BCUT2D eigenvalue weighted by Gasteiger charge is 2.23. The van der Waals surface area contributed by atoms with Crippen molar-refractivity contribution < 1.29 is 22.7 Å². The van der Waals surface area contributed by atoms with Crippen molar-refractivity contribution in [3.05, 3.63) is 64.5 Å². The lowest BCUT2D eigenvalue weighted by atomic mass is 9.95. The Balaban J connectivity index is 1.71. The molecule has 0 bridgehead atoms. The molecule has 2 aromatic carbocycles. The third-order valence-electron chi connectivity index (χ3n) is 5.41. The van der Waals surface area contributed by atoms with Crippen molar-refractivity contribution in [2.24, 2.45) is 5.92 Å². The number of carbonyl (C=O) groups is 1. The molecule has 6 heteroatoms. The molecule has 2 atom stereocenters. The van der Waals surface area contributed by atoms with Crippen LogP contribution < -0.4 is 0 Å². The predicted molar refractivity (Wildman–Crippen MR) is 120 cm³/mol. The number of benzene rings is 2. The highest BCUT2D eigenvalue weighted by molar-refractivity contribution is 7.99. The fourth-order valence-electron chi connectivity index (χ4n) is 3.53. The third kappa shape index (κ3) is 6.23. The molecule has 1 fully saturated rings. The molecular formula is C25H27F3O2S. The standard InChI is InChI=1S/C25H27F3O2S/c1-2-3-14-31-22-13-11-20(24(26)23(22)25(27)28)10-6-17-4-8-19(9-5-17)21-12-7-18(15-29)16-30-21/h4-6,8-11,13,15,18,21,25H,2-3,7,12,14,16H2,1H3/b10-6+. The Labute approximate surface area is 185 Å². The molecule has 2 unspecified atom stereocenters. The SMILES string of the molecule is CCCCSc1ccc(/C=C/c2ccc(C3CCC(C=O)CO3)cc2)c(F)c1C(F)F. The normalized spacial score (nSPS) is 19.3. The van der Waals surface area contributed by atoms with Gasteiger partial charge in [0.15, 0.2) is 0 Å². The van der Waals surface area contributed by atoms with Crippen molar-refractivity contribution in [1.82, 2.24) is 0 Å². The van der Waals surface area contributed by atoms with E-state index in [1.807, 2.05) is 31.2 Å². The first-order valence-corrected chi connectivity index (χ1v) is 11.6. The average molecular weight is 449 g/mol. The van der Waals surface area contributed by atoms with Gasteiger partial charge < -0.3 is 9.53 Å². The lowest BCUT2D eigenvalue weighted by molar-refractivity contribution is -0.117. The van der Waals surface area contributed by atoms with E-state index in [9.17, 15) is 18.0 Å². The summed E-state index contributed by atoms with van der Waals surface area (Å²) in [6.45, 7) is 2.47. The fraction of sp³-hybridized carbons (Fsp3) is 0.400. The van der Waals surface area contributed by atoms with Crippen molar-refractivity contribution in [2.75, 3.05) is 12.4 Å². The molecule has 0 spiro atoms. The first-order valence-electron chi connectivity index (χ1n) is 10.6. The highest BCUT2D eigenvalue weighted by atomic mass is 32.2. The van der Waals surface area contributed by atoms with Crippen LogP contribution in [0.3, 0.4) is 0 Å². The molecule has 2 nitrogen and oxygen atoms in total. The zero-order valence-corrected chi connectivity index (χ0v) is 18.3. The maximum absolute atomic E-state index is 14.8. The Kier molecular flexibility index (Phi) is 8.79. The van der Waals surface area contributed by atoms with E-state index in [1.165, 1.54) is 17.8 Å². The lowest BCUT2D eigenvalue weighted by Gasteiger charge is -2.26. The third-order valence-corrected chi connectivity index (χ3v) is 6.57. The zero-order valence-electron chi connectivity index (χ0n) is 17.5. The van der Waals surface area contributed by atoms with Crippen LogP contribution in [0.2, 0.25) is 0 Å². The summed E-state index contributed by atoms with van der Waals surface area (Å²) >= 11 is 1.28. The first-order chi connectivity index (χ1) is 15.0. The number of alkyl halides is 2. The fourth-order valence-corrected chi connectivity index (χ4v) is 4.68. The zero-order chi connectivity index (χ0) is 22.2. The van der Waals surface area contributed by atoms with E-state index in [0.29, 0.717) is 17.3 Å². The topological polar surface area (TPSA) is 26.3 Å². The molecule has 1 heterocycles. The molecule has 0 aromatic heterocycles. The number of unbranched alkanes of at least 4 members (excludes halogenated alkanes) is 1. The van der Waals surface area contributed by atoms with Crippen LogP contribution in [0, 0.1) is 11.7 Å². The Morgan fingerprint density at radius 1 is 1.13 bits per heavy atom. The summed E-state index contributed by atoms with van der Waals surface area (Å²) < 4.78 is 47.5. The molecule has 31 heavy (non-hydrogen) atoms. The van der Waals surface area contributed by atoms with Crippen LogP contribution in [-0.2, 0) is 9.53 Å². The van der Waals surface area contributed by atoms with Crippen LogP contribution >= 0.6 is 11.8 Å².